The van der Waals surface area contributed by atoms with Gasteiger partial charge in [-0.05, 0) is 68.7 Å². The van der Waals surface area contributed by atoms with Gasteiger partial charge in [-0.1, -0.05) is 38.5 Å². The fraction of sp³-hybridized carbons (Fsp3) is 0.591. The van der Waals surface area contributed by atoms with Crippen molar-refractivity contribution in [1.82, 2.24) is 5.32 Å². The third-order valence-electron chi connectivity index (χ3n) is 5.57. The number of hydrogen-bond donors (Lipinski definition) is 2. The third-order valence-corrected chi connectivity index (χ3v) is 5.57. The van der Waals surface area contributed by atoms with Crippen LogP contribution in [0.15, 0.2) is 30.9 Å². The van der Waals surface area contributed by atoms with Gasteiger partial charge in [0.1, 0.15) is 5.75 Å². The molecule has 1 rings (SSSR count). The van der Waals surface area contributed by atoms with Gasteiger partial charge in [-0.3, -0.25) is 0 Å². The number of aryl methyl sites for hydroxylation is 1. The fourth-order valence-electron chi connectivity index (χ4n) is 3.70. The molecule has 0 aliphatic carbocycles. The molecule has 0 spiro atoms. The number of phenolic OH excluding ortho intramolecular Hbond substituents is 1. The molecule has 3 heteroatoms. The topological polar surface area (TPSA) is 56.0 Å². The summed E-state index contributed by atoms with van der Waals surface area (Å²) >= 11 is 0. The largest absolute Gasteiger partial charge is 0.508 e. The minimum Gasteiger partial charge on any atom is -0.508 e. The minimum atomic E-state index is -0.0670. The van der Waals surface area contributed by atoms with Crippen molar-refractivity contribution in [2.45, 2.75) is 65.8 Å². The quantitative estimate of drug-likeness (QED) is 0.433. The van der Waals surface area contributed by atoms with Gasteiger partial charge >= 0.3 is 0 Å². The van der Waals surface area contributed by atoms with Crippen LogP contribution in [-0.2, 0) is 6.42 Å². The lowest BCUT2D eigenvalue weighted by atomic mass is 9.68. The molecule has 2 N–H and O–H groups in total. The highest BCUT2D eigenvalue weighted by atomic mass is 16.3. The van der Waals surface area contributed by atoms with Crippen LogP contribution in [0, 0.1) is 29.6 Å². The molecular weight excluding hydrogens is 308 g/mol. The van der Waals surface area contributed by atoms with Gasteiger partial charge in [0.15, 0.2) is 0 Å². The zero-order valence-electron chi connectivity index (χ0n) is 16.3. The van der Waals surface area contributed by atoms with Gasteiger partial charge in [-0.2, -0.15) is 5.26 Å². The van der Waals surface area contributed by atoms with Crippen molar-refractivity contribution >= 4 is 0 Å². The summed E-state index contributed by atoms with van der Waals surface area (Å²) in [6.07, 6.45) is 6.49. The number of allylic oxidation sites excluding steroid dienone is 1. The Kier molecular flexibility index (Phi) is 8.72. The summed E-state index contributed by atoms with van der Waals surface area (Å²) in [7, 11) is 0. The maximum Gasteiger partial charge on any atom is 0.119 e. The second kappa shape index (κ2) is 10.3. The second-order valence-electron chi connectivity index (χ2n) is 7.31. The number of rotatable bonds is 11. The molecule has 0 amide bonds. The van der Waals surface area contributed by atoms with E-state index in [0.717, 1.165) is 49.8 Å². The molecule has 0 aliphatic rings. The lowest BCUT2D eigenvalue weighted by Gasteiger charge is -2.40. The average molecular weight is 343 g/mol. The Hall–Kier alpha value is -1.79. The number of benzene rings is 1. The molecule has 0 saturated carbocycles. The fourth-order valence-corrected chi connectivity index (χ4v) is 3.70. The second-order valence-corrected chi connectivity index (χ2v) is 7.31. The molecule has 0 aromatic heterocycles. The summed E-state index contributed by atoms with van der Waals surface area (Å²) in [4.78, 5) is 0. The maximum atomic E-state index is 10.00. The van der Waals surface area contributed by atoms with Crippen molar-refractivity contribution < 1.29 is 5.11 Å². The van der Waals surface area contributed by atoms with Gasteiger partial charge in [0.05, 0.1) is 12.0 Å². The molecule has 3 nitrogen and oxygen atoms in total. The molecule has 3 unspecified atom stereocenters. The van der Waals surface area contributed by atoms with E-state index in [9.17, 15) is 10.4 Å². The summed E-state index contributed by atoms with van der Waals surface area (Å²) in [5, 5.41) is 23.2. The van der Waals surface area contributed by atoms with Crippen molar-refractivity contribution in [1.29, 1.82) is 5.26 Å². The highest BCUT2D eigenvalue weighted by molar-refractivity contribution is 5.38. The Bertz CT molecular complexity index is 570. The van der Waals surface area contributed by atoms with E-state index in [1.54, 1.807) is 6.07 Å². The Morgan fingerprint density at radius 1 is 1.44 bits per heavy atom. The van der Waals surface area contributed by atoms with E-state index in [-0.39, 0.29) is 17.4 Å². The lowest BCUT2D eigenvalue weighted by Crippen LogP contribution is -2.46. The van der Waals surface area contributed by atoms with E-state index < -0.39 is 0 Å². The molecule has 25 heavy (non-hydrogen) atoms. The first-order chi connectivity index (χ1) is 11.9. The molecule has 1 aromatic carbocycles. The van der Waals surface area contributed by atoms with E-state index in [1.165, 1.54) is 0 Å². The number of nitriles is 1. The van der Waals surface area contributed by atoms with E-state index in [4.69, 9.17) is 0 Å². The van der Waals surface area contributed by atoms with Gasteiger partial charge < -0.3 is 10.4 Å². The Morgan fingerprint density at radius 3 is 2.72 bits per heavy atom. The molecule has 0 heterocycles. The van der Waals surface area contributed by atoms with Crippen LogP contribution in [0.2, 0.25) is 0 Å². The van der Waals surface area contributed by atoms with Crippen LogP contribution < -0.4 is 5.32 Å². The molecular formula is C22H34N2O. The standard InChI is InChI=1S/C22H34N2O/c1-6-10-19(16-23)22(5,14-7-2)18(4)24-15-9-12-20-17(3)11-8-13-21(20)25/h6,8,11,13,18-19,24-25H,1,7,9-10,12,14-15H2,2-5H3. The van der Waals surface area contributed by atoms with Crippen molar-refractivity contribution in [3.63, 3.8) is 0 Å². The van der Waals surface area contributed by atoms with E-state index in [1.807, 2.05) is 25.1 Å². The summed E-state index contributed by atoms with van der Waals surface area (Å²) in [5.41, 5.74) is 2.11. The van der Waals surface area contributed by atoms with Crippen molar-refractivity contribution in [2.24, 2.45) is 11.3 Å². The molecule has 0 aliphatic heterocycles. The highest BCUT2D eigenvalue weighted by Gasteiger charge is 2.37. The molecule has 3 atom stereocenters. The third kappa shape index (κ3) is 5.61. The van der Waals surface area contributed by atoms with Crippen molar-refractivity contribution in [3.05, 3.63) is 42.0 Å². The molecule has 1 aromatic rings. The smallest absolute Gasteiger partial charge is 0.119 e. The molecule has 138 valence electrons. The average Bonchev–Trinajstić information content (AvgIpc) is 2.58. The molecule has 0 radical (unpaired) electrons. The van der Waals surface area contributed by atoms with Gasteiger partial charge in [0.2, 0.25) is 0 Å². The van der Waals surface area contributed by atoms with Crippen LogP contribution in [0.4, 0.5) is 0 Å². The van der Waals surface area contributed by atoms with Crippen molar-refractivity contribution in [2.75, 3.05) is 6.54 Å². The Balaban J connectivity index is 2.64. The Labute approximate surface area is 153 Å². The predicted molar refractivity (Wildman–Crippen MR) is 106 cm³/mol. The maximum absolute atomic E-state index is 10.00. The van der Waals surface area contributed by atoms with E-state index in [0.29, 0.717) is 5.75 Å². The number of hydrogen-bond acceptors (Lipinski definition) is 3. The van der Waals surface area contributed by atoms with E-state index in [2.05, 4.69) is 38.7 Å². The lowest BCUT2D eigenvalue weighted by molar-refractivity contribution is 0.147. The summed E-state index contributed by atoms with van der Waals surface area (Å²) in [6, 6.07) is 8.42. The molecule has 0 saturated heterocycles. The first-order valence-electron chi connectivity index (χ1n) is 9.42. The number of aromatic hydroxyl groups is 1. The number of nitrogens with one attached hydrogen (secondary N) is 1. The zero-order valence-corrected chi connectivity index (χ0v) is 16.3. The number of nitrogens with zero attached hydrogens (tertiary/aromatic N) is 1. The predicted octanol–water partition coefficient (Wildman–Crippen LogP) is 5.13. The summed E-state index contributed by atoms with van der Waals surface area (Å²) < 4.78 is 0. The van der Waals surface area contributed by atoms with Gasteiger partial charge in [-0.15, -0.1) is 6.58 Å². The van der Waals surface area contributed by atoms with Crippen LogP contribution in [0.1, 0.15) is 57.6 Å². The first kappa shape index (κ1) is 21.3. The van der Waals surface area contributed by atoms with Gasteiger partial charge in [0.25, 0.3) is 0 Å². The monoisotopic (exact) mass is 342 g/mol. The van der Waals surface area contributed by atoms with Crippen LogP contribution in [0.25, 0.3) is 0 Å². The van der Waals surface area contributed by atoms with Crippen LogP contribution in [-0.4, -0.2) is 17.7 Å². The minimum absolute atomic E-state index is 0.0205. The molecule has 0 bridgehead atoms. The number of phenols is 1. The summed E-state index contributed by atoms with van der Waals surface area (Å²) in [5.74, 6) is 0.368. The van der Waals surface area contributed by atoms with Crippen LogP contribution in [0.3, 0.4) is 0 Å². The van der Waals surface area contributed by atoms with Gasteiger partial charge in [0, 0.05) is 6.04 Å². The highest BCUT2D eigenvalue weighted by Crippen LogP contribution is 2.38. The van der Waals surface area contributed by atoms with Crippen LogP contribution >= 0.6 is 0 Å². The Morgan fingerprint density at radius 2 is 2.16 bits per heavy atom. The summed E-state index contributed by atoms with van der Waals surface area (Å²) in [6.45, 7) is 13.3. The van der Waals surface area contributed by atoms with E-state index >= 15 is 0 Å². The first-order valence-corrected chi connectivity index (χ1v) is 9.42. The van der Waals surface area contributed by atoms with Crippen LogP contribution in [0.5, 0.6) is 5.75 Å². The molecule has 0 fully saturated rings. The zero-order chi connectivity index (χ0) is 18.9. The van der Waals surface area contributed by atoms with Crippen molar-refractivity contribution in [3.8, 4) is 11.8 Å². The SMILES string of the molecule is C=CCC(C#N)C(C)(CCC)C(C)NCCCc1c(C)cccc1O. The normalized spacial score (nSPS) is 15.8. The van der Waals surface area contributed by atoms with Gasteiger partial charge in [-0.25, -0.2) is 0 Å².